The summed E-state index contributed by atoms with van der Waals surface area (Å²) in [6.45, 7) is 13.4. The van der Waals surface area contributed by atoms with Gasteiger partial charge in [-0.2, -0.15) is 0 Å². The van der Waals surface area contributed by atoms with Crippen LogP contribution in [0.3, 0.4) is 0 Å². The number of rotatable bonds is 4. The average molecular weight is 365 g/mol. The highest BCUT2D eigenvalue weighted by atomic mass is 14.2. The molecule has 0 N–H and O–H groups in total. The van der Waals surface area contributed by atoms with E-state index in [0.29, 0.717) is 5.92 Å². The molecule has 0 amide bonds. The molecular formula is C27H40. The Bertz CT molecular complexity index is 637. The molecule has 1 unspecified atom stereocenters. The van der Waals surface area contributed by atoms with E-state index in [1.165, 1.54) is 54.4 Å². The predicted octanol–water partition coefficient (Wildman–Crippen LogP) is 8.82. The summed E-state index contributed by atoms with van der Waals surface area (Å²) in [5.74, 6) is 3.20. The Hall–Kier alpha value is -1.56. The van der Waals surface area contributed by atoms with Crippen molar-refractivity contribution in [3.05, 3.63) is 59.7 Å². The molecule has 27 heavy (non-hydrogen) atoms. The maximum Gasteiger partial charge on any atom is -0.0162 e. The molecule has 1 saturated carbocycles. The highest BCUT2D eigenvalue weighted by Gasteiger charge is 2.19. The van der Waals surface area contributed by atoms with Crippen LogP contribution in [0, 0.1) is 11.8 Å². The van der Waals surface area contributed by atoms with Gasteiger partial charge in [-0.1, -0.05) is 103 Å². The van der Waals surface area contributed by atoms with Crippen molar-refractivity contribution in [2.45, 2.75) is 85.5 Å². The molecule has 2 aromatic rings. The van der Waals surface area contributed by atoms with Gasteiger partial charge >= 0.3 is 0 Å². The molecule has 0 nitrogen and oxygen atoms in total. The second-order valence-corrected chi connectivity index (χ2v) is 9.24. The first-order valence-corrected chi connectivity index (χ1v) is 11.1. The summed E-state index contributed by atoms with van der Waals surface area (Å²) in [6.07, 6.45) is 6.72. The Morgan fingerprint density at radius 3 is 1.63 bits per heavy atom. The van der Waals surface area contributed by atoms with Gasteiger partial charge in [-0.05, 0) is 65.2 Å². The van der Waals surface area contributed by atoms with Gasteiger partial charge in [0.2, 0.25) is 0 Å². The van der Waals surface area contributed by atoms with Crippen molar-refractivity contribution in [1.29, 1.82) is 0 Å². The lowest BCUT2D eigenvalue weighted by Crippen LogP contribution is -2.10. The van der Waals surface area contributed by atoms with Gasteiger partial charge < -0.3 is 0 Å². The van der Waals surface area contributed by atoms with Crippen molar-refractivity contribution < 1.29 is 0 Å². The lowest BCUT2D eigenvalue weighted by Gasteiger charge is -2.26. The summed E-state index contributed by atoms with van der Waals surface area (Å²) in [5, 5.41) is 0. The number of hydrogen-bond donors (Lipinski definition) is 0. The molecule has 0 heteroatoms. The molecule has 148 valence electrons. The lowest BCUT2D eigenvalue weighted by molar-refractivity contribution is 0.348. The Morgan fingerprint density at radius 2 is 1.19 bits per heavy atom. The maximum absolute atomic E-state index is 2.39. The zero-order chi connectivity index (χ0) is 19.8. The molecule has 1 aliphatic rings. The highest BCUT2D eigenvalue weighted by molar-refractivity contribution is 5.64. The van der Waals surface area contributed by atoms with Gasteiger partial charge in [0.25, 0.3) is 0 Å². The molecule has 2 aromatic carbocycles. The van der Waals surface area contributed by atoms with E-state index in [9.17, 15) is 0 Å². The molecule has 1 atom stereocenters. The van der Waals surface area contributed by atoms with E-state index >= 15 is 0 Å². The summed E-state index contributed by atoms with van der Waals surface area (Å²) in [5.41, 5.74) is 5.66. The van der Waals surface area contributed by atoms with Crippen LogP contribution in [0.4, 0.5) is 0 Å². The van der Waals surface area contributed by atoms with Crippen molar-refractivity contribution in [2.75, 3.05) is 0 Å². The van der Waals surface area contributed by atoms with Crippen LogP contribution >= 0.6 is 0 Å². The first-order valence-electron chi connectivity index (χ1n) is 11.1. The van der Waals surface area contributed by atoms with Crippen LogP contribution in [0.25, 0.3) is 11.1 Å². The zero-order valence-corrected chi connectivity index (χ0v) is 18.5. The molecular weight excluding hydrogens is 324 g/mol. The first kappa shape index (κ1) is 21.7. The summed E-state index contributed by atoms with van der Waals surface area (Å²) in [6, 6.07) is 18.5. The van der Waals surface area contributed by atoms with E-state index in [4.69, 9.17) is 0 Å². The van der Waals surface area contributed by atoms with Gasteiger partial charge in [-0.3, -0.25) is 0 Å². The molecule has 0 spiro atoms. The molecule has 1 aliphatic carbocycles. The highest BCUT2D eigenvalue weighted by Crippen LogP contribution is 2.36. The third kappa shape index (κ3) is 6.83. The lowest BCUT2D eigenvalue weighted by atomic mass is 9.79. The summed E-state index contributed by atoms with van der Waals surface area (Å²) in [7, 11) is 0. The van der Waals surface area contributed by atoms with Gasteiger partial charge in [0.1, 0.15) is 0 Å². The molecule has 0 saturated heterocycles. The van der Waals surface area contributed by atoms with Crippen molar-refractivity contribution in [2.24, 2.45) is 11.8 Å². The molecule has 0 aromatic heterocycles. The van der Waals surface area contributed by atoms with Crippen LogP contribution in [-0.4, -0.2) is 0 Å². The minimum atomic E-state index is 0.653. The maximum atomic E-state index is 2.39. The van der Waals surface area contributed by atoms with Crippen molar-refractivity contribution in [3.63, 3.8) is 0 Å². The zero-order valence-electron chi connectivity index (χ0n) is 18.5. The van der Waals surface area contributed by atoms with Crippen molar-refractivity contribution in [1.82, 2.24) is 0 Å². The first-order chi connectivity index (χ1) is 12.9. The van der Waals surface area contributed by atoms with Gasteiger partial charge in [-0.25, -0.2) is 0 Å². The fourth-order valence-corrected chi connectivity index (χ4v) is 3.78. The van der Waals surface area contributed by atoms with Crippen LogP contribution in [0.1, 0.15) is 96.6 Å². The third-order valence-corrected chi connectivity index (χ3v) is 5.82. The smallest absolute Gasteiger partial charge is 0.0162 e. The van der Waals surface area contributed by atoms with Gasteiger partial charge in [0.15, 0.2) is 0 Å². The summed E-state index contributed by atoms with van der Waals surface area (Å²) >= 11 is 0. The standard InChI is InChI=1S/C23H30.C4H10/c1-4-18(3)19-9-11-21(12-10-19)23-15-13-22(14-16-23)20-7-5-17(2)6-8-20;1-4(2)3/h9-18,20H,4-8H2,1-3H3;4H,1-3H3. The Labute approximate surface area is 168 Å². The Morgan fingerprint density at radius 1 is 0.741 bits per heavy atom. The monoisotopic (exact) mass is 364 g/mol. The second kappa shape index (κ2) is 10.7. The molecule has 0 aliphatic heterocycles. The topological polar surface area (TPSA) is 0 Å². The van der Waals surface area contributed by atoms with Crippen LogP contribution in [-0.2, 0) is 0 Å². The fraction of sp³-hybridized carbons (Fsp3) is 0.556. The van der Waals surface area contributed by atoms with Crippen LogP contribution in [0.15, 0.2) is 48.5 Å². The SMILES string of the molecule is CC(C)C.CCC(C)c1ccc(-c2ccc(C3CCC(C)CC3)cc2)cc1. The van der Waals surface area contributed by atoms with Crippen LogP contribution in [0.2, 0.25) is 0 Å². The largest absolute Gasteiger partial charge is 0.0648 e. The van der Waals surface area contributed by atoms with Crippen LogP contribution in [0.5, 0.6) is 0 Å². The summed E-state index contributed by atoms with van der Waals surface area (Å²) in [4.78, 5) is 0. The number of benzene rings is 2. The minimum Gasteiger partial charge on any atom is -0.0648 e. The average Bonchev–Trinajstić information content (AvgIpc) is 2.68. The molecule has 0 heterocycles. The van der Waals surface area contributed by atoms with Gasteiger partial charge in [0.05, 0.1) is 0 Å². The van der Waals surface area contributed by atoms with E-state index in [-0.39, 0.29) is 0 Å². The third-order valence-electron chi connectivity index (χ3n) is 5.82. The van der Waals surface area contributed by atoms with Gasteiger partial charge in [-0.15, -0.1) is 0 Å². The normalized spacial score (nSPS) is 20.7. The minimum absolute atomic E-state index is 0.653. The fourth-order valence-electron chi connectivity index (χ4n) is 3.78. The van der Waals surface area contributed by atoms with Crippen molar-refractivity contribution >= 4 is 0 Å². The summed E-state index contributed by atoms with van der Waals surface area (Å²) < 4.78 is 0. The van der Waals surface area contributed by atoms with E-state index in [2.05, 4.69) is 90.1 Å². The molecule has 0 bridgehead atoms. The quantitative estimate of drug-likeness (QED) is 0.508. The Kier molecular flexibility index (Phi) is 8.61. The van der Waals surface area contributed by atoms with E-state index in [0.717, 1.165) is 17.8 Å². The van der Waals surface area contributed by atoms with Crippen LogP contribution < -0.4 is 0 Å². The second-order valence-electron chi connectivity index (χ2n) is 9.24. The Balaban J connectivity index is 0.000000596. The van der Waals surface area contributed by atoms with E-state index < -0.39 is 0 Å². The van der Waals surface area contributed by atoms with Crippen molar-refractivity contribution in [3.8, 4) is 11.1 Å². The molecule has 0 radical (unpaired) electrons. The van der Waals surface area contributed by atoms with E-state index in [1.807, 2.05) is 0 Å². The molecule has 1 fully saturated rings. The number of hydrogen-bond acceptors (Lipinski definition) is 0. The predicted molar refractivity (Wildman–Crippen MR) is 121 cm³/mol. The molecule has 3 rings (SSSR count). The van der Waals surface area contributed by atoms with Gasteiger partial charge in [0, 0.05) is 0 Å². The van der Waals surface area contributed by atoms with E-state index in [1.54, 1.807) is 0 Å².